The number of nitrogens with two attached hydrogens (primary N) is 2. The summed E-state index contributed by atoms with van der Waals surface area (Å²) in [5.41, 5.74) is 11.9. The molecule has 0 saturated heterocycles. The van der Waals surface area contributed by atoms with Crippen LogP contribution in [0.4, 0.5) is 0 Å². The van der Waals surface area contributed by atoms with E-state index in [-0.39, 0.29) is 13.2 Å². The van der Waals surface area contributed by atoms with Crippen molar-refractivity contribution >= 4 is 23.9 Å². The van der Waals surface area contributed by atoms with Gasteiger partial charge in [-0.2, -0.15) is 0 Å². The number of carbonyl (C=O) groups is 4. The van der Waals surface area contributed by atoms with Gasteiger partial charge in [-0.3, -0.25) is 9.59 Å². The van der Waals surface area contributed by atoms with E-state index in [1.807, 2.05) is 0 Å². The minimum atomic E-state index is -1.59. The average Bonchev–Trinajstić information content (AvgIpc) is 2.80. The van der Waals surface area contributed by atoms with Gasteiger partial charge in [0.05, 0.1) is 13.2 Å². The summed E-state index contributed by atoms with van der Waals surface area (Å²) in [4.78, 5) is 42.8. The van der Waals surface area contributed by atoms with Gasteiger partial charge in [-0.05, 0) is 11.1 Å². The second-order valence-electron chi connectivity index (χ2n) is 6.84. The van der Waals surface area contributed by atoms with Gasteiger partial charge in [0.1, 0.15) is 12.1 Å². The molecule has 0 fully saturated rings. The molecule has 12 heteroatoms. The smallest absolute Gasteiger partial charge is 0.335 e. The van der Waals surface area contributed by atoms with E-state index in [0.717, 1.165) is 11.1 Å². The monoisotopic (exact) mass is 478 g/mol. The predicted molar refractivity (Wildman–Crippen MR) is 117 cm³/mol. The highest BCUT2D eigenvalue weighted by atomic mass is 16.5. The fourth-order valence-corrected chi connectivity index (χ4v) is 2.44. The number of hydrogen-bond acceptors (Lipinski definition) is 8. The molecule has 0 saturated carbocycles. The number of aliphatic carboxylic acids is 4. The molecule has 0 aliphatic heterocycles. The minimum absolute atomic E-state index is 0.00120. The fraction of sp³-hybridized carbons (Fsp3) is 0.273. The van der Waals surface area contributed by atoms with Crippen molar-refractivity contribution in [2.45, 2.75) is 37.5 Å². The van der Waals surface area contributed by atoms with Gasteiger partial charge < -0.3 is 41.4 Å². The summed E-state index contributed by atoms with van der Waals surface area (Å²) in [6.07, 6.45) is -3.12. The van der Waals surface area contributed by atoms with Gasteiger partial charge >= 0.3 is 23.9 Å². The van der Waals surface area contributed by atoms with E-state index in [4.69, 9.17) is 41.4 Å². The zero-order valence-corrected chi connectivity index (χ0v) is 17.9. The Kier molecular flexibility index (Phi) is 11.9. The molecule has 0 spiro atoms. The Hall–Kier alpha value is -3.84. The Morgan fingerprint density at radius 3 is 1.12 bits per heavy atom. The summed E-state index contributed by atoms with van der Waals surface area (Å²) < 4.78 is 10.0. The van der Waals surface area contributed by atoms with Crippen LogP contribution in [0.15, 0.2) is 60.7 Å². The molecule has 0 aromatic heterocycles. The van der Waals surface area contributed by atoms with Gasteiger partial charge in [0.25, 0.3) is 0 Å². The third-order valence-corrected chi connectivity index (χ3v) is 4.25. The first-order valence-electron chi connectivity index (χ1n) is 9.78. The molecule has 8 N–H and O–H groups in total. The summed E-state index contributed by atoms with van der Waals surface area (Å²) in [7, 11) is 0. The molecule has 0 amide bonds. The topological polar surface area (TPSA) is 220 Å². The Morgan fingerprint density at radius 2 is 0.882 bits per heavy atom. The Morgan fingerprint density at radius 1 is 0.588 bits per heavy atom. The third kappa shape index (κ3) is 9.75. The molecule has 0 heterocycles. The molecule has 2 rings (SSSR count). The van der Waals surface area contributed by atoms with Crippen molar-refractivity contribution in [2.24, 2.45) is 11.5 Å². The molecule has 0 bridgehead atoms. The van der Waals surface area contributed by atoms with Gasteiger partial charge in [0.15, 0.2) is 12.2 Å². The highest BCUT2D eigenvalue weighted by Gasteiger charge is 2.32. The molecule has 0 aliphatic rings. The maximum absolute atomic E-state index is 10.8. The van der Waals surface area contributed by atoms with Crippen LogP contribution in [-0.2, 0) is 41.9 Å². The summed E-state index contributed by atoms with van der Waals surface area (Å²) in [6, 6.07) is 14.5. The van der Waals surface area contributed by atoms with Crippen molar-refractivity contribution in [3.63, 3.8) is 0 Å². The Balaban J connectivity index is 0.000000340. The van der Waals surface area contributed by atoms with E-state index in [9.17, 15) is 19.2 Å². The van der Waals surface area contributed by atoms with Gasteiger partial charge in [-0.1, -0.05) is 60.7 Å². The zero-order valence-electron chi connectivity index (χ0n) is 17.9. The summed E-state index contributed by atoms with van der Waals surface area (Å²) >= 11 is 0. The van der Waals surface area contributed by atoms with Crippen LogP contribution < -0.4 is 11.5 Å². The molecule has 184 valence electrons. The zero-order chi connectivity index (χ0) is 25.7. The summed E-state index contributed by atoms with van der Waals surface area (Å²) in [6.45, 7) is -0.00241. The lowest BCUT2D eigenvalue weighted by molar-refractivity contribution is -0.159. The molecule has 4 atom stereocenters. The predicted octanol–water partition coefficient (Wildman–Crippen LogP) is 0.137. The average molecular weight is 478 g/mol. The normalized spacial score (nSPS) is 13.9. The van der Waals surface area contributed by atoms with Crippen LogP contribution in [0.5, 0.6) is 0 Å². The van der Waals surface area contributed by atoms with Crippen LogP contribution in [0.3, 0.4) is 0 Å². The summed E-state index contributed by atoms with van der Waals surface area (Å²) in [5.74, 6) is -5.61. The van der Waals surface area contributed by atoms with Gasteiger partial charge in [-0.25, -0.2) is 9.59 Å². The highest BCUT2D eigenvalue weighted by molar-refractivity contribution is 5.84. The van der Waals surface area contributed by atoms with E-state index in [0.29, 0.717) is 0 Å². The molecular weight excluding hydrogens is 452 g/mol. The Bertz CT molecular complexity index is 862. The first-order valence-corrected chi connectivity index (χ1v) is 9.78. The number of carboxylic acid groups (broad SMARTS) is 4. The quantitative estimate of drug-likeness (QED) is 0.240. The van der Waals surface area contributed by atoms with Crippen LogP contribution in [0.2, 0.25) is 0 Å². The number of benzene rings is 2. The maximum atomic E-state index is 10.8. The minimum Gasteiger partial charge on any atom is -0.480 e. The first kappa shape index (κ1) is 28.2. The fourth-order valence-electron chi connectivity index (χ4n) is 2.44. The highest BCUT2D eigenvalue weighted by Crippen LogP contribution is 2.07. The molecule has 2 aromatic carbocycles. The summed E-state index contributed by atoms with van der Waals surface area (Å²) in [5, 5.41) is 34.9. The van der Waals surface area contributed by atoms with E-state index in [1.165, 1.54) is 0 Å². The van der Waals surface area contributed by atoms with Crippen molar-refractivity contribution in [3.8, 4) is 0 Å². The lowest BCUT2D eigenvalue weighted by Crippen LogP contribution is -2.47. The number of hydrogen-bond donors (Lipinski definition) is 6. The van der Waals surface area contributed by atoms with Crippen molar-refractivity contribution in [2.75, 3.05) is 0 Å². The van der Waals surface area contributed by atoms with Crippen LogP contribution in [-0.4, -0.2) is 68.6 Å². The molecular formula is C22H26N2O10. The molecule has 12 nitrogen and oxygen atoms in total. The number of carboxylic acids is 4. The van der Waals surface area contributed by atoms with E-state index >= 15 is 0 Å². The van der Waals surface area contributed by atoms with E-state index in [1.54, 1.807) is 60.7 Å². The van der Waals surface area contributed by atoms with Gasteiger partial charge in [0, 0.05) is 0 Å². The van der Waals surface area contributed by atoms with Crippen LogP contribution in [0.25, 0.3) is 0 Å². The molecule has 0 unspecified atom stereocenters. The second-order valence-corrected chi connectivity index (χ2v) is 6.84. The molecule has 34 heavy (non-hydrogen) atoms. The van der Waals surface area contributed by atoms with Crippen molar-refractivity contribution in [3.05, 3.63) is 71.8 Å². The standard InChI is InChI=1S/2C11H13NO5/c2*12-8(10(13)14)9(11(15)16)17-6-7-4-2-1-3-5-7/h2*1-5,8-9H,6,12H2,(H,13,14)(H,15,16)/t2*8-,9-/m10/s1. The molecule has 0 radical (unpaired) electrons. The number of ether oxygens (including phenoxy) is 2. The maximum Gasteiger partial charge on any atom is 0.335 e. The molecule has 2 aromatic rings. The Labute approximate surface area is 194 Å². The van der Waals surface area contributed by atoms with Gasteiger partial charge in [0.2, 0.25) is 0 Å². The lowest BCUT2D eigenvalue weighted by atomic mass is 10.1. The van der Waals surface area contributed by atoms with Crippen molar-refractivity contribution in [1.29, 1.82) is 0 Å². The third-order valence-electron chi connectivity index (χ3n) is 4.25. The molecule has 0 aliphatic carbocycles. The lowest BCUT2D eigenvalue weighted by Gasteiger charge is -2.17. The second kappa shape index (κ2) is 14.3. The van der Waals surface area contributed by atoms with Crippen LogP contribution in [0.1, 0.15) is 11.1 Å². The van der Waals surface area contributed by atoms with E-state index in [2.05, 4.69) is 0 Å². The van der Waals surface area contributed by atoms with Gasteiger partial charge in [-0.15, -0.1) is 0 Å². The van der Waals surface area contributed by atoms with Crippen molar-refractivity contribution in [1.82, 2.24) is 0 Å². The van der Waals surface area contributed by atoms with Crippen molar-refractivity contribution < 1.29 is 49.1 Å². The number of rotatable bonds is 12. The largest absolute Gasteiger partial charge is 0.480 e. The first-order chi connectivity index (χ1) is 16.0. The van der Waals surface area contributed by atoms with E-state index < -0.39 is 48.2 Å². The van der Waals surface area contributed by atoms with Crippen LogP contribution in [0, 0.1) is 0 Å². The SMILES string of the molecule is N[C@@H](C(=O)O)[C@@H](OCc1ccccc1)C(=O)O.N[C@H](C(=O)O)[C@H](OCc1ccccc1)C(=O)O. The van der Waals surface area contributed by atoms with Crippen LogP contribution >= 0.6 is 0 Å².